The minimum absolute atomic E-state index is 0.182. The predicted molar refractivity (Wildman–Crippen MR) is 110 cm³/mol. The highest BCUT2D eigenvalue weighted by Gasteiger charge is 2.31. The van der Waals surface area contributed by atoms with Gasteiger partial charge >= 0.3 is 17.9 Å². The van der Waals surface area contributed by atoms with Gasteiger partial charge in [-0.2, -0.15) is 0 Å². The summed E-state index contributed by atoms with van der Waals surface area (Å²) in [5.41, 5.74) is 6.03. The molecule has 188 valence electrons. The van der Waals surface area contributed by atoms with Crippen molar-refractivity contribution in [1.29, 1.82) is 0 Å². The van der Waals surface area contributed by atoms with Crippen molar-refractivity contribution in [3.8, 4) is 0 Å². The Kier molecular flexibility index (Phi) is 11.1. The van der Waals surface area contributed by atoms with Crippen LogP contribution in [0.25, 0.3) is 0 Å². The Morgan fingerprint density at radius 3 is 2.00 bits per heavy atom. The number of carbonyl (C=O) groups is 6. The summed E-state index contributed by atoms with van der Waals surface area (Å²) in [6.45, 7) is -0.985. The molecule has 1 aromatic rings. The van der Waals surface area contributed by atoms with Crippen molar-refractivity contribution in [3.63, 3.8) is 0 Å². The van der Waals surface area contributed by atoms with E-state index in [1.807, 2.05) is 5.32 Å². The summed E-state index contributed by atoms with van der Waals surface area (Å²) in [6.07, 6.45) is 0.907. The van der Waals surface area contributed by atoms with Crippen LogP contribution in [-0.2, 0) is 35.2 Å². The summed E-state index contributed by atoms with van der Waals surface area (Å²) >= 11 is 0. The fourth-order valence-electron chi connectivity index (χ4n) is 2.63. The van der Waals surface area contributed by atoms with E-state index < -0.39 is 79.2 Å². The minimum Gasteiger partial charge on any atom is -0.481 e. The number of amides is 3. The van der Waals surface area contributed by atoms with E-state index >= 15 is 0 Å². The molecular formula is C18H26N6O10. The van der Waals surface area contributed by atoms with Crippen molar-refractivity contribution >= 4 is 35.6 Å². The van der Waals surface area contributed by atoms with Gasteiger partial charge in [0.15, 0.2) is 0 Å². The van der Waals surface area contributed by atoms with Crippen molar-refractivity contribution in [1.82, 2.24) is 25.9 Å². The summed E-state index contributed by atoms with van der Waals surface area (Å²) in [7, 11) is 0. The number of hydrogen-bond acceptors (Lipinski definition) is 9. The first-order valence-electron chi connectivity index (χ1n) is 9.85. The Labute approximate surface area is 191 Å². The third-order valence-corrected chi connectivity index (χ3v) is 4.43. The molecule has 0 spiro atoms. The van der Waals surface area contributed by atoms with Gasteiger partial charge < -0.3 is 47.1 Å². The molecule has 1 aromatic heterocycles. The van der Waals surface area contributed by atoms with Gasteiger partial charge in [0.05, 0.1) is 25.4 Å². The average Bonchev–Trinajstić information content (AvgIpc) is 3.26. The first-order chi connectivity index (χ1) is 15.9. The molecule has 16 heteroatoms. The number of nitrogens with one attached hydrogen (secondary N) is 4. The van der Waals surface area contributed by atoms with Gasteiger partial charge in [-0.25, -0.2) is 9.78 Å². The number of aromatic amines is 1. The molecule has 0 fully saturated rings. The van der Waals surface area contributed by atoms with E-state index in [4.69, 9.17) is 26.2 Å². The molecule has 4 atom stereocenters. The maximum absolute atomic E-state index is 12.8. The van der Waals surface area contributed by atoms with Crippen molar-refractivity contribution in [3.05, 3.63) is 18.2 Å². The monoisotopic (exact) mass is 486 g/mol. The van der Waals surface area contributed by atoms with Crippen LogP contribution in [0.2, 0.25) is 0 Å². The summed E-state index contributed by atoms with van der Waals surface area (Å²) < 4.78 is 0. The lowest BCUT2D eigenvalue weighted by Crippen LogP contribution is -2.58. The zero-order valence-corrected chi connectivity index (χ0v) is 17.8. The van der Waals surface area contributed by atoms with Crippen LogP contribution in [0.4, 0.5) is 0 Å². The number of rotatable bonds is 15. The van der Waals surface area contributed by atoms with E-state index in [9.17, 15) is 28.8 Å². The molecule has 1 rings (SSSR count). The van der Waals surface area contributed by atoms with Crippen molar-refractivity contribution in [2.45, 2.75) is 49.9 Å². The van der Waals surface area contributed by atoms with Crippen LogP contribution in [0.5, 0.6) is 0 Å². The number of nitrogens with two attached hydrogens (primary N) is 1. The van der Waals surface area contributed by atoms with Crippen molar-refractivity contribution in [2.75, 3.05) is 6.61 Å². The number of hydrogen-bond donors (Lipinski definition) is 9. The van der Waals surface area contributed by atoms with Gasteiger partial charge in [-0.15, -0.1) is 0 Å². The number of carboxylic acid groups (broad SMARTS) is 3. The van der Waals surface area contributed by atoms with E-state index in [1.165, 1.54) is 12.5 Å². The van der Waals surface area contributed by atoms with Crippen LogP contribution < -0.4 is 21.7 Å². The third-order valence-electron chi connectivity index (χ3n) is 4.43. The topological polar surface area (TPSA) is 274 Å². The van der Waals surface area contributed by atoms with Gasteiger partial charge in [0.25, 0.3) is 0 Å². The van der Waals surface area contributed by atoms with Crippen LogP contribution in [0.3, 0.4) is 0 Å². The van der Waals surface area contributed by atoms with Crippen LogP contribution in [0.15, 0.2) is 12.5 Å². The maximum Gasteiger partial charge on any atom is 0.328 e. The fraction of sp³-hybridized carbons (Fsp3) is 0.500. The molecule has 0 saturated carbocycles. The molecule has 34 heavy (non-hydrogen) atoms. The predicted octanol–water partition coefficient (Wildman–Crippen LogP) is -3.85. The highest BCUT2D eigenvalue weighted by atomic mass is 16.4. The van der Waals surface area contributed by atoms with Crippen LogP contribution >= 0.6 is 0 Å². The Hall–Kier alpha value is -4.05. The second-order valence-corrected chi connectivity index (χ2v) is 7.12. The first kappa shape index (κ1) is 28.0. The molecule has 0 aliphatic rings. The van der Waals surface area contributed by atoms with E-state index in [1.54, 1.807) is 0 Å². The molecule has 3 amide bonds. The Bertz CT molecular complexity index is 890. The summed E-state index contributed by atoms with van der Waals surface area (Å²) in [5.74, 6) is -7.34. The SMILES string of the molecule is NC(CCC(=O)O)C(=O)NC(Cc1cnc[nH]1)C(=O)NC(CC(=O)O)C(=O)NC(CO)C(=O)O. The number of carbonyl (C=O) groups excluding carboxylic acids is 3. The molecular weight excluding hydrogens is 460 g/mol. The summed E-state index contributed by atoms with van der Waals surface area (Å²) in [4.78, 5) is 76.9. The van der Waals surface area contributed by atoms with E-state index in [0.717, 1.165) is 0 Å². The molecule has 0 radical (unpaired) electrons. The van der Waals surface area contributed by atoms with Crippen molar-refractivity contribution < 1.29 is 49.2 Å². The number of nitrogens with zero attached hydrogens (tertiary/aromatic N) is 1. The number of H-pyrrole nitrogens is 1. The third kappa shape index (κ3) is 9.61. The number of aliphatic hydroxyl groups excluding tert-OH is 1. The van der Waals surface area contributed by atoms with Crippen LogP contribution in [0.1, 0.15) is 25.0 Å². The molecule has 10 N–H and O–H groups in total. The molecule has 0 aromatic carbocycles. The zero-order chi connectivity index (χ0) is 25.8. The normalized spacial score (nSPS) is 14.2. The fourth-order valence-corrected chi connectivity index (χ4v) is 2.63. The first-order valence-corrected chi connectivity index (χ1v) is 9.85. The maximum atomic E-state index is 12.8. The quantitative estimate of drug-likeness (QED) is 0.115. The number of aliphatic hydroxyl groups is 1. The van der Waals surface area contributed by atoms with Gasteiger partial charge in [-0.3, -0.25) is 24.0 Å². The van der Waals surface area contributed by atoms with Crippen LogP contribution in [-0.4, -0.2) is 96.8 Å². The number of aliphatic carboxylic acids is 3. The molecule has 0 bridgehead atoms. The standard InChI is InChI=1S/C18H26N6O10/c19-9(1-2-13(26)27)15(30)22-10(3-8-5-20-7-21-8)16(31)23-11(4-14(28)29)17(32)24-12(6-25)18(33)34/h5,7,9-12,25H,1-4,6,19H2,(H,20,21)(H,22,30)(H,23,31)(H,24,32)(H,26,27)(H,28,29)(H,33,34). The Morgan fingerprint density at radius 1 is 0.912 bits per heavy atom. The van der Waals surface area contributed by atoms with Crippen LogP contribution in [0, 0.1) is 0 Å². The lowest BCUT2D eigenvalue weighted by Gasteiger charge is -2.24. The summed E-state index contributed by atoms with van der Waals surface area (Å²) in [6, 6.07) is -6.15. The highest BCUT2D eigenvalue weighted by Crippen LogP contribution is 2.04. The molecule has 0 saturated heterocycles. The second-order valence-electron chi connectivity index (χ2n) is 7.12. The largest absolute Gasteiger partial charge is 0.481 e. The van der Waals surface area contributed by atoms with Gasteiger partial charge in [0.1, 0.15) is 18.1 Å². The van der Waals surface area contributed by atoms with E-state index in [0.29, 0.717) is 5.69 Å². The Morgan fingerprint density at radius 2 is 1.50 bits per heavy atom. The van der Waals surface area contributed by atoms with Gasteiger partial charge in [0.2, 0.25) is 17.7 Å². The molecule has 16 nitrogen and oxygen atoms in total. The number of carboxylic acids is 3. The van der Waals surface area contributed by atoms with E-state index in [2.05, 4.69) is 20.6 Å². The minimum atomic E-state index is -1.75. The lowest BCUT2D eigenvalue weighted by atomic mass is 10.1. The second kappa shape index (κ2) is 13.5. The van der Waals surface area contributed by atoms with Gasteiger partial charge in [-0.1, -0.05) is 0 Å². The van der Waals surface area contributed by atoms with Gasteiger partial charge in [-0.05, 0) is 6.42 Å². The lowest BCUT2D eigenvalue weighted by molar-refractivity contribution is -0.144. The molecule has 4 unspecified atom stereocenters. The Balaban J connectivity index is 3.01. The van der Waals surface area contributed by atoms with Gasteiger partial charge in [0, 0.05) is 24.7 Å². The molecule has 0 aliphatic carbocycles. The molecule has 1 heterocycles. The number of imidazole rings is 1. The zero-order valence-electron chi connectivity index (χ0n) is 17.8. The van der Waals surface area contributed by atoms with Crippen molar-refractivity contribution in [2.24, 2.45) is 5.73 Å². The summed E-state index contributed by atoms with van der Waals surface area (Å²) in [5, 5.41) is 42.1. The average molecular weight is 486 g/mol. The smallest absolute Gasteiger partial charge is 0.328 e. The highest BCUT2D eigenvalue weighted by molar-refractivity contribution is 5.95. The number of aromatic nitrogens is 2. The van der Waals surface area contributed by atoms with E-state index in [-0.39, 0.29) is 12.8 Å². The molecule has 0 aliphatic heterocycles.